The third kappa shape index (κ3) is 5.17. The molecule has 1 N–H and O–H groups in total. The Kier molecular flexibility index (Phi) is 6.22. The van der Waals surface area contributed by atoms with Crippen molar-refractivity contribution in [1.29, 1.82) is 0 Å². The molecule has 0 aliphatic rings. The average Bonchev–Trinajstić information content (AvgIpc) is 3.42. The Morgan fingerprint density at radius 2 is 1.66 bits per heavy atom. The van der Waals surface area contributed by atoms with Crippen molar-refractivity contribution in [2.75, 3.05) is 11.6 Å². The fraction of sp³-hybridized carbons (Fsp3) is 0.115. The summed E-state index contributed by atoms with van der Waals surface area (Å²) in [7, 11) is -3.32. The van der Waals surface area contributed by atoms with E-state index >= 15 is 0 Å². The van der Waals surface area contributed by atoms with Gasteiger partial charge in [0.15, 0.2) is 15.0 Å². The minimum absolute atomic E-state index is 0.0943. The molecule has 6 nitrogen and oxygen atoms in total. The number of anilines is 1. The molecule has 2 heterocycles. The molecule has 3 aromatic carbocycles. The average molecular weight is 520 g/mol. The fourth-order valence-electron chi connectivity index (χ4n) is 3.61. The zero-order chi connectivity index (χ0) is 24.6. The second-order valence-electron chi connectivity index (χ2n) is 8.17. The lowest BCUT2D eigenvalue weighted by Crippen LogP contribution is -2.14. The Morgan fingerprint density at radius 1 is 0.914 bits per heavy atom. The summed E-state index contributed by atoms with van der Waals surface area (Å²) in [6, 6.07) is 22.9. The molecule has 0 saturated heterocycles. The monoisotopic (exact) mass is 519 g/mol. The Bertz CT molecular complexity index is 1640. The molecule has 0 saturated carbocycles. The molecule has 176 valence electrons. The number of rotatable bonds is 6. The molecule has 35 heavy (non-hydrogen) atoms. The molecule has 5 aromatic rings. The highest BCUT2D eigenvalue weighted by Crippen LogP contribution is 2.36. The van der Waals surface area contributed by atoms with Crippen molar-refractivity contribution in [3.05, 3.63) is 84.1 Å². The number of hydrogen-bond donors (Lipinski definition) is 1. The molecule has 0 atom stereocenters. The van der Waals surface area contributed by atoms with Crippen molar-refractivity contribution in [3.63, 3.8) is 0 Å². The predicted molar refractivity (Wildman–Crippen MR) is 143 cm³/mol. The number of sulfone groups is 1. The highest BCUT2D eigenvalue weighted by molar-refractivity contribution is 7.90. The van der Waals surface area contributed by atoms with Crippen molar-refractivity contribution in [2.24, 2.45) is 0 Å². The SMILES string of the molecule is Cc1ccc(-c2sc(-c3ccccc3)nc2CC(=O)Nc2nc3ccc(S(C)(=O)=O)cc3s2)cc1. The highest BCUT2D eigenvalue weighted by Gasteiger charge is 2.18. The smallest absolute Gasteiger partial charge is 0.232 e. The van der Waals surface area contributed by atoms with Crippen LogP contribution >= 0.6 is 22.7 Å². The van der Waals surface area contributed by atoms with Crippen LogP contribution < -0.4 is 5.32 Å². The molecule has 0 aliphatic heterocycles. The summed E-state index contributed by atoms with van der Waals surface area (Å²) in [6.07, 6.45) is 1.26. The van der Waals surface area contributed by atoms with Gasteiger partial charge < -0.3 is 5.32 Å². The van der Waals surface area contributed by atoms with Gasteiger partial charge in [0.1, 0.15) is 5.01 Å². The molecule has 0 aliphatic carbocycles. The molecule has 0 fully saturated rings. The largest absolute Gasteiger partial charge is 0.302 e. The van der Waals surface area contributed by atoms with E-state index in [0.29, 0.717) is 21.0 Å². The third-order valence-corrected chi connectivity index (χ3v) is 8.63. The summed E-state index contributed by atoms with van der Waals surface area (Å²) in [5, 5.41) is 4.14. The van der Waals surface area contributed by atoms with Gasteiger partial charge in [-0.1, -0.05) is 71.5 Å². The van der Waals surface area contributed by atoms with Gasteiger partial charge in [0.05, 0.1) is 32.1 Å². The van der Waals surface area contributed by atoms with Gasteiger partial charge in [0.2, 0.25) is 5.91 Å². The number of carbonyl (C=O) groups excluding carboxylic acids is 1. The van der Waals surface area contributed by atoms with E-state index in [1.165, 1.54) is 23.7 Å². The molecule has 9 heteroatoms. The number of benzene rings is 3. The molecule has 0 unspecified atom stereocenters. The Hall–Kier alpha value is -3.40. The van der Waals surface area contributed by atoms with Crippen LogP contribution in [0.25, 0.3) is 31.2 Å². The maximum absolute atomic E-state index is 13.0. The van der Waals surface area contributed by atoms with Gasteiger partial charge >= 0.3 is 0 Å². The van der Waals surface area contributed by atoms with Crippen molar-refractivity contribution >= 4 is 53.8 Å². The summed E-state index contributed by atoms with van der Waals surface area (Å²) in [5.41, 5.74) is 4.53. The summed E-state index contributed by atoms with van der Waals surface area (Å²) >= 11 is 2.81. The van der Waals surface area contributed by atoms with Crippen LogP contribution in [-0.2, 0) is 21.1 Å². The Labute approximate surface area is 211 Å². The van der Waals surface area contributed by atoms with Crippen molar-refractivity contribution in [1.82, 2.24) is 9.97 Å². The fourth-order valence-corrected chi connectivity index (χ4v) is 6.35. The first kappa shape index (κ1) is 23.3. The van der Waals surface area contributed by atoms with E-state index in [9.17, 15) is 13.2 Å². The van der Waals surface area contributed by atoms with Crippen LogP contribution in [-0.4, -0.2) is 30.5 Å². The van der Waals surface area contributed by atoms with Crippen LogP contribution in [0.1, 0.15) is 11.3 Å². The van der Waals surface area contributed by atoms with Gasteiger partial charge in [-0.2, -0.15) is 0 Å². The van der Waals surface area contributed by atoms with Gasteiger partial charge in [0, 0.05) is 11.8 Å². The second-order valence-corrected chi connectivity index (χ2v) is 12.2. The van der Waals surface area contributed by atoms with Crippen LogP contribution in [0, 0.1) is 6.92 Å². The molecule has 5 rings (SSSR count). The van der Waals surface area contributed by atoms with E-state index in [2.05, 4.69) is 10.3 Å². The van der Waals surface area contributed by atoms with E-state index in [0.717, 1.165) is 26.6 Å². The maximum Gasteiger partial charge on any atom is 0.232 e. The molecule has 0 bridgehead atoms. The Balaban J connectivity index is 1.43. The van der Waals surface area contributed by atoms with Crippen LogP contribution in [0.3, 0.4) is 0 Å². The van der Waals surface area contributed by atoms with Gasteiger partial charge in [-0.15, -0.1) is 11.3 Å². The summed E-state index contributed by atoms with van der Waals surface area (Å²) in [4.78, 5) is 23.4. The lowest BCUT2D eigenvalue weighted by molar-refractivity contribution is -0.115. The quantitative estimate of drug-likeness (QED) is 0.298. The van der Waals surface area contributed by atoms with Crippen molar-refractivity contribution < 1.29 is 13.2 Å². The number of nitrogens with one attached hydrogen (secondary N) is 1. The van der Waals surface area contributed by atoms with E-state index < -0.39 is 9.84 Å². The van der Waals surface area contributed by atoms with Crippen molar-refractivity contribution in [2.45, 2.75) is 18.2 Å². The molecule has 0 spiro atoms. The third-order valence-electron chi connectivity index (χ3n) is 5.39. The van der Waals surface area contributed by atoms with Crippen LogP contribution in [0.5, 0.6) is 0 Å². The number of carbonyl (C=O) groups is 1. The van der Waals surface area contributed by atoms with Crippen LogP contribution in [0.4, 0.5) is 5.13 Å². The normalized spacial score (nSPS) is 11.6. The number of aromatic nitrogens is 2. The number of hydrogen-bond acceptors (Lipinski definition) is 7. The molecule has 2 aromatic heterocycles. The summed E-state index contributed by atoms with van der Waals surface area (Å²) in [5.74, 6) is -0.231. The van der Waals surface area contributed by atoms with E-state index in [1.807, 2.05) is 61.5 Å². The van der Waals surface area contributed by atoms with E-state index in [4.69, 9.17) is 4.98 Å². The summed E-state index contributed by atoms with van der Waals surface area (Å²) < 4.78 is 24.4. The number of aryl methyl sites for hydroxylation is 1. The minimum Gasteiger partial charge on any atom is -0.302 e. The number of amides is 1. The first-order valence-electron chi connectivity index (χ1n) is 10.8. The van der Waals surface area contributed by atoms with Gasteiger partial charge in [-0.05, 0) is 30.7 Å². The first-order chi connectivity index (χ1) is 16.8. The van der Waals surface area contributed by atoms with Crippen LogP contribution in [0.15, 0.2) is 77.7 Å². The van der Waals surface area contributed by atoms with E-state index in [-0.39, 0.29) is 17.2 Å². The lowest BCUT2D eigenvalue weighted by Gasteiger charge is -2.04. The number of fused-ring (bicyclic) bond motifs is 1. The zero-order valence-corrected chi connectivity index (χ0v) is 21.4. The van der Waals surface area contributed by atoms with Crippen molar-refractivity contribution in [3.8, 4) is 21.0 Å². The second kappa shape index (κ2) is 9.33. The number of nitrogens with zero attached hydrogens (tertiary/aromatic N) is 2. The van der Waals surface area contributed by atoms with Gasteiger partial charge in [-0.3, -0.25) is 4.79 Å². The highest BCUT2D eigenvalue weighted by atomic mass is 32.2. The summed E-state index contributed by atoms with van der Waals surface area (Å²) in [6.45, 7) is 2.04. The molecular weight excluding hydrogens is 499 g/mol. The molecular formula is C26H21N3O3S3. The first-order valence-corrected chi connectivity index (χ1v) is 14.3. The van der Waals surface area contributed by atoms with Gasteiger partial charge in [-0.25, -0.2) is 18.4 Å². The van der Waals surface area contributed by atoms with Gasteiger partial charge in [0.25, 0.3) is 0 Å². The molecule has 0 radical (unpaired) electrons. The Morgan fingerprint density at radius 3 is 2.37 bits per heavy atom. The van der Waals surface area contributed by atoms with E-state index in [1.54, 1.807) is 23.5 Å². The molecule has 1 amide bonds. The minimum atomic E-state index is -3.32. The number of thiazole rings is 2. The topological polar surface area (TPSA) is 89.0 Å². The zero-order valence-electron chi connectivity index (χ0n) is 19.0. The standard InChI is InChI=1S/C26H21N3O3S3/c1-16-8-10-17(11-9-16)24-21(27-25(34-24)18-6-4-3-5-7-18)15-23(30)29-26-28-20-13-12-19(35(2,31)32)14-22(20)33-26/h3-14H,15H2,1-2H3,(H,28,29,30). The van der Waals surface area contributed by atoms with Crippen LogP contribution in [0.2, 0.25) is 0 Å². The maximum atomic E-state index is 13.0. The predicted octanol–water partition coefficient (Wildman–Crippen LogP) is 5.98. The lowest BCUT2D eigenvalue weighted by atomic mass is 10.1.